The Morgan fingerprint density at radius 1 is 1.58 bits per heavy atom. The highest BCUT2D eigenvalue weighted by atomic mass is 16.5. The van der Waals surface area contributed by atoms with Crippen LogP contribution in [-0.4, -0.2) is 12.1 Å². The van der Waals surface area contributed by atoms with Gasteiger partial charge in [-0.25, -0.2) is 4.98 Å². The first-order chi connectivity index (χ1) is 5.77. The van der Waals surface area contributed by atoms with Crippen molar-refractivity contribution >= 4 is 0 Å². The van der Waals surface area contributed by atoms with Gasteiger partial charge in [0.25, 0.3) is 0 Å². The molecule has 1 heterocycles. The summed E-state index contributed by atoms with van der Waals surface area (Å²) < 4.78 is 4.92. The molecule has 0 bridgehead atoms. The van der Waals surface area contributed by atoms with Crippen molar-refractivity contribution in [3.05, 3.63) is 23.9 Å². The Morgan fingerprint density at radius 3 is 2.75 bits per heavy atom. The number of nitrogens with zero attached hydrogens (tertiary/aromatic N) is 1. The molecule has 0 aliphatic rings. The van der Waals surface area contributed by atoms with Crippen LogP contribution in [0.5, 0.6) is 5.88 Å². The van der Waals surface area contributed by atoms with Crippen molar-refractivity contribution in [1.82, 2.24) is 10.4 Å². The quantitative estimate of drug-likeness (QED) is 0.511. The molecule has 66 valence electrons. The maximum atomic E-state index is 5.27. The Labute approximate surface area is 71.7 Å². The molecule has 1 unspecified atom stereocenters. The summed E-state index contributed by atoms with van der Waals surface area (Å²) in [5.41, 5.74) is 3.68. The molecule has 0 aromatic carbocycles. The first-order valence-corrected chi connectivity index (χ1v) is 3.74. The van der Waals surface area contributed by atoms with Crippen LogP contribution in [0.3, 0.4) is 0 Å². The number of nitrogens with one attached hydrogen (secondary N) is 1. The average Bonchev–Trinajstić information content (AvgIpc) is 2.17. The third-order valence-corrected chi connectivity index (χ3v) is 1.72. The predicted octanol–water partition coefficient (Wildman–Crippen LogP) is 0.615. The molecule has 0 amide bonds. The number of hydrogen-bond acceptors (Lipinski definition) is 4. The monoisotopic (exact) mass is 167 g/mol. The van der Waals surface area contributed by atoms with Crippen molar-refractivity contribution < 1.29 is 4.74 Å². The van der Waals surface area contributed by atoms with E-state index >= 15 is 0 Å². The fraction of sp³-hybridized carbons (Fsp3) is 0.375. The normalized spacial score (nSPS) is 12.6. The van der Waals surface area contributed by atoms with E-state index in [0.717, 1.165) is 5.56 Å². The highest BCUT2D eigenvalue weighted by Gasteiger charge is 2.02. The number of aromatic nitrogens is 1. The van der Waals surface area contributed by atoms with Crippen molar-refractivity contribution in [1.29, 1.82) is 0 Å². The molecule has 0 aliphatic carbocycles. The molecule has 0 aliphatic heterocycles. The van der Waals surface area contributed by atoms with Crippen LogP contribution in [0.25, 0.3) is 0 Å². The lowest BCUT2D eigenvalue weighted by Crippen LogP contribution is -2.25. The van der Waals surface area contributed by atoms with E-state index in [1.54, 1.807) is 13.3 Å². The van der Waals surface area contributed by atoms with Gasteiger partial charge in [-0.1, -0.05) is 6.07 Å². The van der Waals surface area contributed by atoms with Crippen LogP contribution in [0.1, 0.15) is 18.5 Å². The summed E-state index contributed by atoms with van der Waals surface area (Å²) in [6, 6.07) is 3.85. The van der Waals surface area contributed by atoms with Gasteiger partial charge in [-0.15, -0.1) is 0 Å². The topological polar surface area (TPSA) is 60.2 Å². The molecule has 1 atom stereocenters. The minimum atomic E-state index is 0.114. The molecule has 1 rings (SSSR count). The molecule has 3 N–H and O–H groups in total. The lowest BCUT2D eigenvalue weighted by molar-refractivity contribution is 0.397. The smallest absolute Gasteiger partial charge is 0.212 e. The van der Waals surface area contributed by atoms with E-state index in [2.05, 4.69) is 10.4 Å². The van der Waals surface area contributed by atoms with Gasteiger partial charge in [0.15, 0.2) is 0 Å². The average molecular weight is 167 g/mol. The van der Waals surface area contributed by atoms with Gasteiger partial charge in [0, 0.05) is 18.3 Å². The molecule has 12 heavy (non-hydrogen) atoms. The molecular formula is C8H13N3O. The highest BCUT2D eigenvalue weighted by Crippen LogP contribution is 2.12. The highest BCUT2D eigenvalue weighted by molar-refractivity contribution is 5.19. The van der Waals surface area contributed by atoms with E-state index in [0.29, 0.717) is 5.88 Å². The Bertz CT molecular complexity index is 235. The zero-order valence-corrected chi connectivity index (χ0v) is 7.24. The summed E-state index contributed by atoms with van der Waals surface area (Å²) in [5.74, 6) is 5.88. The number of nitrogens with two attached hydrogens (primary N) is 1. The van der Waals surface area contributed by atoms with Crippen molar-refractivity contribution in [2.45, 2.75) is 13.0 Å². The number of methoxy groups -OCH3 is 1. The van der Waals surface area contributed by atoms with Crippen LogP contribution in [0.4, 0.5) is 0 Å². The van der Waals surface area contributed by atoms with E-state index in [1.807, 2.05) is 19.1 Å². The number of hydrogen-bond donors (Lipinski definition) is 2. The zero-order chi connectivity index (χ0) is 8.97. The van der Waals surface area contributed by atoms with Gasteiger partial charge in [-0.3, -0.25) is 11.3 Å². The second kappa shape index (κ2) is 4.04. The third-order valence-electron chi connectivity index (χ3n) is 1.72. The second-order valence-corrected chi connectivity index (χ2v) is 2.52. The van der Waals surface area contributed by atoms with Crippen LogP contribution in [-0.2, 0) is 0 Å². The van der Waals surface area contributed by atoms with Gasteiger partial charge in [-0.05, 0) is 12.5 Å². The van der Waals surface area contributed by atoms with E-state index in [1.165, 1.54) is 0 Å². The maximum Gasteiger partial charge on any atom is 0.212 e. The Morgan fingerprint density at radius 2 is 2.33 bits per heavy atom. The van der Waals surface area contributed by atoms with Crippen LogP contribution >= 0.6 is 0 Å². The molecule has 0 spiro atoms. The number of pyridine rings is 1. The van der Waals surface area contributed by atoms with Crippen LogP contribution in [0.15, 0.2) is 18.3 Å². The van der Waals surface area contributed by atoms with Crippen molar-refractivity contribution in [3.63, 3.8) is 0 Å². The molecule has 0 radical (unpaired) electrons. The van der Waals surface area contributed by atoms with Gasteiger partial charge in [0.1, 0.15) is 0 Å². The summed E-state index contributed by atoms with van der Waals surface area (Å²) in [6.07, 6.45) is 1.74. The molecule has 0 fully saturated rings. The summed E-state index contributed by atoms with van der Waals surface area (Å²) in [7, 11) is 1.59. The standard InChI is InChI=1S/C8H13N3O/c1-6(11-9)7-3-4-8(12-2)10-5-7/h3-6,11H,9H2,1-2H3. The lowest BCUT2D eigenvalue weighted by atomic mass is 10.1. The Hall–Kier alpha value is -1.13. The largest absolute Gasteiger partial charge is 0.481 e. The van der Waals surface area contributed by atoms with Gasteiger partial charge in [0.05, 0.1) is 7.11 Å². The van der Waals surface area contributed by atoms with Gasteiger partial charge in [-0.2, -0.15) is 0 Å². The first kappa shape index (κ1) is 8.96. The minimum absolute atomic E-state index is 0.114. The lowest BCUT2D eigenvalue weighted by Gasteiger charge is -2.09. The molecule has 4 heteroatoms. The summed E-state index contributed by atoms with van der Waals surface area (Å²) >= 11 is 0. The summed E-state index contributed by atoms with van der Waals surface area (Å²) in [4.78, 5) is 4.05. The fourth-order valence-corrected chi connectivity index (χ4v) is 0.865. The summed E-state index contributed by atoms with van der Waals surface area (Å²) in [6.45, 7) is 1.96. The number of ether oxygens (including phenoxy) is 1. The van der Waals surface area contributed by atoms with E-state index in [-0.39, 0.29) is 6.04 Å². The first-order valence-electron chi connectivity index (χ1n) is 3.74. The maximum absolute atomic E-state index is 5.27. The van der Waals surface area contributed by atoms with E-state index < -0.39 is 0 Å². The van der Waals surface area contributed by atoms with Gasteiger partial charge >= 0.3 is 0 Å². The van der Waals surface area contributed by atoms with Gasteiger partial charge in [0.2, 0.25) is 5.88 Å². The van der Waals surface area contributed by atoms with Gasteiger partial charge < -0.3 is 4.74 Å². The SMILES string of the molecule is COc1ccc(C(C)NN)cn1. The van der Waals surface area contributed by atoms with Crippen molar-refractivity contribution in [2.75, 3.05) is 7.11 Å². The molecular weight excluding hydrogens is 154 g/mol. The Kier molecular flexibility index (Phi) is 3.01. The molecule has 0 saturated heterocycles. The third kappa shape index (κ3) is 1.93. The van der Waals surface area contributed by atoms with Crippen LogP contribution in [0, 0.1) is 0 Å². The van der Waals surface area contributed by atoms with E-state index in [4.69, 9.17) is 10.6 Å². The minimum Gasteiger partial charge on any atom is -0.481 e. The second-order valence-electron chi connectivity index (χ2n) is 2.52. The van der Waals surface area contributed by atoms with E-state index in [9.17, 15) is 0 Å². The Balaban J connectivity index is 2.77. The molecule has 4 nitrogen and oxygen atoms in total. The fourth-order valence-electron chi connectivity index (χ4n) is 0.865. The molecule has 0 saturated carbocycles. The number of hydrazine groups is 1. The summed E-state index contributed by atoms with van der Waals surface area (Å²) in [5, 5.41) is 0. The number of rotatable bonds is 3. The molecule has 1 aromatic rings. The van der Waals surface area contributed by atoms with Crippen LogP contribution < -0.4 is 16.0 Å². The van der Waals surface area contributed by atoms with Crippen molar-refractivity contribution in [3.8, 4) is 5.88 Å². The zero-order valence-electron chi connectivity index (χ0n) is 7.24. The molecule has 1 aromatic heterocycles. The predicted molar refractivity (Wildman–Crippen MR) is 46.5 cm³/mol. The van der Waals surface area contributed by atoms with Crippen molar-refractivity contribution in [2.24, 2.45) is 5.84 Å². The van der Waals surface area contributed by atoms with Crippen LogP contribution in [0.2, 0.25) is 0 Å².